The lowest BCUT2D eigenvalue weighted by molar-refractivity contribution is 0.0695. The summed E-state index contributed by atoms with van der Waals surface area (Å²) in [5.74, 6) is -1.26. The molecule has 3 N–H and O–H groups in total. The highest BCUT2D eigenvalue weighted by Gasteiger charge is 2.21. The van der Waals surface area contributed by atoms with Crippen molar-refractivity contribution in [2.45, 2.75) is 6.92 Å². The van der Waals surface area contributed by atoms with Crippen molar-refractivity contribution >= 4 is 34.2 Å². The molecule has 0 aliphatic heterocycles. The Hall–Kier alpha value is -4.43. The van der Waals surface area contributed by atoms with Crippen molar-refractivity contribution in [3.05, 3.63) is 94.5 Å². The topological polar surface area (TPSA) is 109 Å². The Balaban J connectivity index is 1.83. The van der Waals surface area contributed by atoms with Crippen molar-refractivity contribution in [2.24, 2.45) is 4.99 Å². The fraction of sp³-hybridized carbons (Fsp3) is 0.207. The summed E-state index contributed by atoms with van der Waals surface area (Å²) in [6.45, 7) is 3.06. The molecule has 0 fully saturated rings. The van der Waals surface area contributed by atoms with Crippen LogP contribution in [0.3, 0.4) is 0 Å². The van der Waals surface area contributed by atoms with Crippen LogP contribution >= 0.6 is 0 Å². The average Bonchev–Trinajstić information content (AvgIpc) is 3.19. The molecular formula is C29H30N4O4. The molecule has 0 radical (unpaired) electrons. The van der Waals surface area contributed by atoms with Gasteiger partial charge in [-0.05, 0) is 56.9 Å². The molecule has 1 aromatic heterocycles. The van der Waals surface area contributed by atoms with E-state index in [1.807, 2.05) is 49.3 Å². The van der Waals surface area contributed by atoms with Gasteiger partial charge in [0.1, 0.15) is 0 Å². The normalized spacial score (nSPS) is 11.8. The van der Waals surface area contributed by atoms with Crippen molar-refractivity contribution in [2.75, 3.05) is 34.2 Å². The number of carbonyl (C=O) groups is 2. The first kappa shape index (κ1) is 25.7. The number of aromatic amines is 1. The summed E-state index contributed by atoms with van der Waals surface area (Å²) in [5.41, 5.74) is 4.00. The average molecular weight is 499 g/mol. The first-order valence-electron chi connectivity index (χ1n) is 11.9. The maximum atomic E-state index is 13.0. The number of amides is 1. The van der Waals surface area contributed by atoms with Crippen molar-refractivity contribution in [1.82, 2.24) is 14.8 Å². The van der Waals surface area contributed by atoms with E-state index in [4.69, 9.17) is 4.99 Å². The van der Waals surface area contributed by atoms with E-state index >= 15 is 0 Å². The fourth-order valence-corrected chi connectivity index (χ4v) is 4.18. The van der Waals surface area contributed by atoms with Crippen molar-refractivity contribution < 1.29 is 19.8 Å². The lowest BCUT2D eigenvalue weighted by Gasteiger charge is -2.19. The van der Waals surface area contributed by atoms with Crippen LogP contribution < -0.4 is 0 Å². The Kier molecular flexibility index (Phi) is 7.40. The quantitative estimate of drug-likeness (QED) is 0.306. The lowest BCUT2D eigenvalue weighted by atomic mass is 9.98. The predicted molar refractivity (Wildman–Crippen MR) is 145 cm³/mol. The van der Waals surface area contributed by atoms with E-state index in [-0.39, 0.29) is 17.4 Å². The van der Waals surface area contributed by atoms with Gasteiger partial charge in [-0.2, -0.15) is 0 Å². The van der Waals surface area contributed by atoms with E-state index in [2.05, 4.69) is 4.98 Å². The number of H-pyrrole nitrogens is 1. The Labute approximate surface area is 215 Å². The van der Waals surface area contributed by atoms with Gasteiger partial charge in [-0.25, -0.2) is 9.79 Å². The summed E-state index contributed by atoms with van der Waals surface area (Å²) < 4.78 is 0. The second-order valence-electron chi connectivity index (χ2n) is 9.27. The van der Waals surface area contributed by atoms with Crippen LogP contribution in [0.2, 0.25) is 0 Å². The maximum Gasteiger partial charge on any atom is 0.336 e. The summed E-state index contributed by atoms with van der Waals surface area (Å²) in [7, 11) is 5.70. The molecule has 0 aliphatic carbocycles. The number of aromatic hydroxyl groups is 1. The molecule has 1 amide bonds. The molecule has 190 valence electrons. The zero-order valence-electron chi connectivity index (χ0n) is 21.3. The van der Waals surface area contributed by atoms with Crippen LogP contribution in [-0.4, -0.2) is 76.8 Å². The molecule has 1 heterocycles. The molecule has 0 atom stereocenters. The van der Waals surface area contributed by atoms with Gasteiger partial charge >= 0.3 is 5.97 Å². The Morgan fingerprint density at radius 2 is 1.62 bits per heavy atom. The predicted octanol–water partition coefficient (Wildman–Crippen LogP) is 4.68. The highest BCUT2D eigenvalue weighted by molar-refractivity contribution is 6.22. The summed E-state index contributed by atoms with van der Waals surface area (Å²) in [4.78, 5) is 36.1. The molecule has 0 bridgehead atoms. The number of hydrogen-bond donors (Lipinski definition) is 3. The number of benzene rings is 3. The number of carboxylic acids is 1. The van der Waals surface area contributed by atoms with Crippen LogP contribution in [0, 0.1) is 6.92 Å². The largest absolute Gasteiger partial charge is 0.494 e. The van der Waals surface area contributed by atoms with Gasteiger partial charge in [-0.15, -0.1) is 0 Å². The fourth-order valence-electron chi connectivity index (χ4n) is 4.18. The minimum atomic E-state index is -1.04. The first-order valence-corrected chi connectivity index (χ1v) is 11.9. The summed E-state index contributed by atoms with van der Waals surface area (Å²) in [6.07, 6.45) is 0. The van der Waals surface area contributed by atoms with Gasteiger partial charge in [0.15, 0.2) is 5.88 Å². The standard InChI is InChI=1S/C29H30N4O4/c1-18-15-23-24(17-22(18)29(36)37)31-27(34)25(23)26(19-9-6-5-7-10-19)30-21-12-8-11-20(16-21)28(35)33(4)14-13-32(2)3/h5-12,15-17,31,34H,13-14H2,1-4H3,(H,36,37). The summed E-state index contributed by atoms with van der Waals surface area (Å²) in [6, 6.07) is 19.8. The van der Waals surface area contributed by atoms with Crippen LogP contribution in [0.25, 0.3) is 10.9 Å². The van der Waals surface area contributed by atoms with Crippen LogP contribution in [0.4, 0.5) is 5.69 Å². The van der Waals surface area contributed by atoms with E-state index < -0.39 is 5.97 Å². The zero-order valence-corrected chi connectivity index (χ0v) is 21.3. The minimum Gasteiger partial charge on any atom is -0.494 e. The third kappa shape index (κ3) is 5.54. The molecule has 0 unspecified atom stereocenters. The maximum absolute atomic E-state index is 13.0. The Morgan fingerprint density at radius 1 is 0.919 bits per heavy atom. The van der Waals surface area contributed by atoms with Gasteiger partial charge in [0.25, 0.3) is 5.91 Å². The number of hydrogen-bond acceptors (Lipinski definition) is 5. The number of carboxylic acid groups (broad SMARTS) is 1. The number of rotatable bonds is 8. The van der Waals surface area contributed by atoms with Gasteiger partial charge in [-0.3, -0.25) is 4.79 Å². The molecule has 4 aromatic rings. The molecule has 0 saturated heterocycles. The van der Waals surface area contributed by atoms with Crippen LogP contribution in [0.15, 0.2) is 71.7 Å². The number of carbonyl (C=O) groups excluding carboxylic acids is 1. The second kappa shape index (κ2) is 10.7. The van der Waals surface area contributed by atoms with E-state index in [0.29, 0.717) is 45.5 Å². The van der Waals surface area contributed by atoms with Crippen molar-refractivity contribution in [3.63, 3.8) is 0 Å². The van der Waals surface area contributed by atoms with Gasteiger partial charge in [0.05, 0.1) is 22.5 Å². The van der Waals surface area contributed by atoms with Gasteiger partial charge in [0.2, 0.25) is 0 Å². The number of likely N-dealkylation sites (N-methyl/N-ethyl adjacent to an activating group) is 2. The van der Waals surface area contributed by atoms with Gasteiger partial charge in [-0.1, -0.05) is 36.4 Å². The lowest BCUT2D eigenvalue weighted by Crippen LogP contribution is -2.33. The highest BCUT2D eigenvalue weighted by atomic mass is 16.4. The summed E-state index contributed by atoms with van der Waals surface area (Å²) >= 11 is 0. The smallest absolute Gasteiger partial charge is 0.336 e. The van der Waals surface area contributed by atoms with E-state index in [0.717, 1.165) is 12.1 Å². The molecule has 0 aliphatic rings. The van der Waals surface area contributed by atoms with Gasteiger partial charge < -0.3 is 25.0 Å². The van der Waals surface area contributed by atoms with E-state index in [1.165, 1.54) is 6.07 Å². The minimum absolute atomic E-state index is 0.105. The number of fused-ring (bicyclic) bond motifs is 1. The SMILES string of the molecule is Cc1cc2c(C(=Nc3cccc(C(=O)N(C)CCN(C)C)c3)c3ccccc3)c(O)[nH]c2cc1C(=O)O. The third-order valence-corrected chi connectivity index (χ3v) is 6.20. The van der Waals surface area contributed by atoms with E-state index in [9.17, 15) is 19.8 Å². The molecule has 0 spiro atoms. The third-order valence-electron chi connectivity index (χ3n) is 6.20. The highest BCUT2D eigenvalue weighted by Crippen LogP contribution is 2.33. The number of nitrogens with one attached hydrogen (secondary N) is 1. The molecule has 4 rings (SSSR count). The molecule has 3 aromatic carbocycles. The molecule has 8 heteroatoms. The number of aromatic carboxylic acids is 1. The van der Waals surface area contributed by atoms with Crippen molar-refractivity contribution in [3.8, 4) is 5.88 Å². The number of nitrogens with zero attached hydrogens (tertiary/aromatic N) is 3. The monoisotopic (exact) mass is 498 g/mol. The zero-order chi connectivity index (χ0) is 26.7. The van der Waals surface area contributed by atoms with Gasteiger partial charge in [0, 0.05) is 42.2 Å². The number of aryl methyl sites for hydroxylation is 1. The Bertz CT molecular complexity index is 1490. The molecule has 8 nitrogen and oxygen atoms in total. The Morgan fingerprint density at radius 3 is 2.30 bits per heavy atom. The number of aromatic nitrogens is 1. The molecule has 0 saturated carbocycles. The first-order chi connectivity index (χ1) is 17.7. The van der Waals surface area contributed by atoms with E-state index in [1.54, 1.807) is 49.2 Å². The second-order valence-corrected chi connectivity index (χ2v) is 9.27. The van der Waals surface area contributed by atoms with Crippen LogP contribution in [-0.2, 0) is 0 Å². The van der Waals surface area contributed by atoms with Crippen molar-refractivity contribution in [1.29, 1.82) is 0 Å². The van der Waals surface area contributed by atoms with Crippen LogP contribution in [0.5, 0.6) is 5.88 Å². The summed E-state index contributed by atoms with van der Waals surface area (Å²) in [5, 5.41) is 21.1. The molecule has 37 heavy (non-hydrogen) atoms. The molecular weight excluding hydrogens is 468 g/mol. The number of aliphatic imine (C=N–C) groups is 1. The van der Waals surface area contributed by atoms with Crippen LogP contribution in [0.1, 0.15) is 37.4 Å².